The van der Waals surface area contributed by atoms with Crippen LogP contribution in [-0.2, 0) is 0 Å². The maximum atomic E-state index is 4.44. The third kappa shape index (κ3) is 2.96. The van der Waals surface area contributed by atoms with Gasteiger partial charge in [0, 0.05) is 17.0 Å². The standard InChI is InChI=1S/C18H18N4/c1-12-11-13(2)20-18(19-12)22-21-14(3)16-10-6-8-15-7-4-5-9-17(15)16/h4-11H,1-3H3,(H,19,20,22)/b21-14+. The summed E-state index contributed by atoms with van der Waals surface area (Å²) >= 11 is 0. The molecule has 0 aliphatic rings. The molecule has 0 amide bonds. The van der Waals surface area contributed by atoms with Crippen molar-refractivity contribution in [2.24, 2.45) is 5.10 Å². The number of fused-ring (bicyclic) bond motifs is 1. The minimum absolute atomic E-state index is 0.525. The van der Waals surface area contributed by atoms with Crippen LogP contribution in [0.15, 0.2) is 53.6 Å². The maximum absolute atomic E-state index is 4.44. The number of hydrazone groups is 1. The molecule has 0 aliphatic carbocycles. The molecule has 0 radical (unpaired) electrons. The molecule has 4 nitrogen and oxygen atoms in total. The molecule has 0 saturated heterocycles. The lowest BCUT2D eigenvalue weighted by Gasteiger charge is -2.07. The first-order valence-corrected chi connectivity index (χ1v) is 7.24. The fourth-order valence-electron chi connectivity index (χ4n) is 2.51. The first-order chi connectivity index (χ1) is 10.6. The molecule has 0 fully saturated rings. The van der Waals surface area contributed by atoms with E-state index in [1.807, 2.05) is 45.0 Å². The summed E-state index contributed by atoms with van der Waals surface area (Å²) in [6, 6.07) is 16.5. The van der Waals surface area contributed by atoms with Gasteiger partial charge in [-0.15, -0.1) is 0 Å². The van der Waals surface area contributed by atoms with E-state index in [-0.39, 0.29) is 0 Å². The van der Waals surface area contributed by atoms with Crippen LogP contribution in [0.5, 0.6) is 0 Å². The highest BCUT2D eigenvalue weighted by Gasteiger charge is 2.04. The smallest absolute Gasteiger partial charge is 0.243 e. The lowest BCUT2D eigenvalue weighted by Crippen LogP contribution is -2.04. The molecule has 1 aromatic heterocycles. The molecular formula is C18H18N4. The molecule has 0 bridgehead atoms. The highest BCUT2D eigenvalue weighted by atomic mass is 15.4. The van der Waals surface area contributed by atoms with Crippen molar-refractivity contribution in [2.75, 3.05) is 5.43 Å². The zero-order valence-corrected chi connectivity index (χ0v) is 13.0. The van der Waals surface area contributed by atoms with Crippen molar-refractivity contribution in [1.29, 1.82) is 0 Å². The third-order valence-corrected chi connectivity index (χ3v) is 3.49. The van der Waals surface area contributed by atoms with Gasteiger partial charge in [0.05, 0.1) is 5.71 Å². The highest BCUT2D eigenvalue weighted by molar-refractivity contribution is 6.09. The Labute approximate surface area is 129 Å². The van der Waals surface area contributed by atoms with Crippen molar-refractivity contribution < 1.29 is 0 Å². The summed E-state index contributed by atoms with van der Waals surface area (Å²) in [5.41, 5.74) is 6.81. The van der Waals surface area contributed by atoms with Gasteiger partial charge in [0.1, 0.15) is 0 Å². The number of nitrogens with zero attached hydrogens (tertiary/aromatic N) is 3. The van der Waals surface area contributed by atoms with Crippen molar-refractivity contribution in [3.05, 3.63) is 65.5 Å². The van der Waals surface area contributed by atoms with E-state index in [9.17, 15) is 0 Å². The lowest BCUT2D eigenvalue weighted by atomic mass is 10.0. The molecule has 0 unspecified atom stereocenters. The van der Waals surface area contributed by atoms with Crippen molar-refractivity contribution >= 4 is 22.4 Å². The summed E-state index contributed by atoms with van der Waals surface area (Å²) in [5, 5.41) is 6.83. The van der Waals surface area contributed by atoms with E-state index in [1.165, 1.54) is 10.8 Å². The van der Waals surface area contributed by atoms with E-state index in [0.717, 1.165) is 22.7 Å². The summed E-state index contributed by atoms with van der Waals surface area (Å²) in [6.45, 7) is 5.87. The van der Waals surface area contributed by atoms with Crippen molar-refractivity contribution in [3.8, 4) is 0 Å². The normalized spacial score (nSPS) is 11.7. The van der Waals surface area contributed by atoms with Crippen LogP contribution in [0.1, 0.15) is 23.9 Å². The van der Waals surface area contributed by atoms with Crippen molar-refractivity contribution in [1.82, 2.24) is 9.97 Å². The monoisotopic (exact) mass is 290 g/mol. The Morgan fingerprint density at radius 2 is 1.64 bits per heavy atom. The van der Waals surface area contributed by atoms with E-state index < -0.39 is 0 Å². The van der Waals surface area contributed by atoms with Crippen LogP contribution >= 0.6 is 0 Å². The molecule has 0 atom stereocenters. The molecule has 0 spiro atoms. The average molecular weight is 290 g/mol. The van der Waals surface area contributed by atoms with Gasteiger partial charge in [0.2, 0.25) is 5.95 Å². The number of hydrogen-bond donors (Lipinski definition) is 1. The van der Waals surface area contributed by atoms with Gasteiger partial charge >= 0.3 is 0 Å². The van der Waals surface area contributed by atoms with Gasteiger partial charge in [-0.3, -0.25) is 0 Å². The quantitative estimate of drug-likeness (QED) is 0.584. The fourth-order valence-corrected chi connectivity index (χ4v) is 2.51. The van der Waals surface area contributed by atoms with Crippen molar-refractivity contribution in [3.63, 3.8) is 0 Å². The lowest BCUT2D eigenvalue weighted by molar-refractivity contribution is 1.03. The molecule has 1 N–H and O–H groups in total. The second-order valence-corrected chi connectivity index (χ2v) is 5.31. The zero-order valence-electron chi connectivity index (χ0n) is 13.0. The number of aromatic nitrogens is 2. The Morgan fingerprint density at radius 1 is 0.955 bits per heavy atom. The predicted molar refractivity (Wildman–Crippen MR) is 91.3 cm³/mol. The largest absolute Gasteiger partial charge is 0.245 e. The summed E-state index contributed by atoms with van der Waals surface area (Å²) in [5.74, 6) is 0.525. The number of rotatable bonds is 3. The number of hydrogen-bond acceptors (Lipinski definition) is 4. The molecule has 0 saturated carbocycles. The van der Waals surface area contributed by atoms with Crippen LogP contribution in [0.3, 0.4) is 0 Å². The maximum Gasteiger partial charge on any atom is 0.243 e. The molecule has 4 heteroatoms. The van der Waals surface area contributed by atoms with Crippen LogP contribution in [0.4, 0.5) is 5.95 Å². The molecule has 110 valence electrons. The predicted octanol–water partition coefficient (Wildman–Crippen LogP) is 4.08. The van der Waals surface area contributed by atoms with E-state index in [4.69, 9.17) is 0 Å². The Morgan fingerprint density at radius 3 is 2.41 bits per heavy atom. The van der Waals surface area contributed by atoms with Gasteiger partial charge in [-0.25, -0.2) is 15.4 Å². The Balaban J connectivity index is 1.93. The van der Waals surface area contributed by atoms with Crippen LogP contribution < -0.4 is 5.43 Å². The fraction of sp³-hybridized carbons (Fsp3) is 0.167. The molecule has 3 rings (SSSR count). The molecule has 0 aliphatic heterocycles. The minimum Gasteiger partial charge on any atom is -0.245 e. The van der Waals surface area contributed by atoms with Crippen molar-refractivity contribution in [2.45, 2.75) is 20.8 Å². The number of benzene rings is 2. The van der Waals surface area contributed by atoms with Gasteiger partial charge in [0.15, 0.2) is 0 Å². The zero-order chi connectivity index (χ0) is 15.5. The third-order valence-electron chi connectivity index (χ3n) is 3.49. The molecular weight excluding hydrogens is 272 g/mol. The minimum atomic E-state index is 0.525. The molecule has 3 aromatic rings. The summed E-state index contributed by atoms with van der Waals surface area (Å²) in [7, 11) is 0. The van der Waals surface area contributed by atoms with Crippen LogP contribution in [0, 0.1) is 13.8 Å². The van der Waals surface area contributed by atoms with Crippen LogP contribution in [-0.4, -0.2) is 15.7 Å². The summed E-state index contributed by atoms with van der Waals surface area (Å²) in [4.78, 5) is 8.67. The Bertz CT molecular complexity index is 827. The second kappa shape index (κ2) is 5.93. The van der Waals surface area contributed by atoms with Gasteiger partial charge in [0.25, 0.3) is 0 Å². The molecule has 22 heavy (non-hydrogen) atoms. The van der Waals surface area contributed by atoms with E-state index in [2.05, 4.69) is 44.8 Å². The first kappa shape index (κ1) is 14.2. The van der Waals surface area contributed by atoms with E-state index >= 15 is 0 Å². The van der Waals surface area contributed by atoms with Gasteiger partial charge in [-0.05, 0) is 37.6 Å². The van der Waals surface area contributed by atoms with Gasteiger partial charge in [-0.1, -0.05) is 42.5 Å². The first-order valence-electron chi connectivity index (χ1n) is 7.24. The summed E-state index contributed by atoms with van der Waals surface area (Å²) in [6.07, 6.45) is 0. The SMILES string of the molecule is C/C(=N\Nc1nc(C)cc(C)n1)c1cccc2ccccc12. The van der Waals surface area contributed by atoms with Crippen LogP contribution in [0.2, 0.25) is 0 Å². The average Bonchev–Trinajstić information content (AvgIpc) is 2.51. The van der Waals surface area contributed by atoms with Crippen LogP contribution in [0.25, 0.3) is 10.8 Å². The summed E-state index contributed by atoms with van der Waals surface area (Å²) < 4.78 is 0. The topological polar surface area (TPSA) is 50.2 Å². The van der Waals surface area contributed by atoms with E-state index in [0.29, 0.717) is 5.95 Å². The number of nitrogens with one attached hydrogen (secondary N) is 1. The Hall–Kier alpha value is -2.75. The highest BCUT2D eigenvalue weighted by Crippen LogP contribution is 2.19. The Kier molecular flexibility index (Phi) is 3.83. The number of aryl methyl sites for hydroxylation is 2. The molecule has 1 heterocycles. The van der Waals surface area contributed by atoms with E-state index in [1.54, 1.807) is 0 Å². The van der Waals surface area contributed by atoms with Gasteiger partial charge < -0.3 is 0 Å². The second-order valence-electron chi connectivity index (χ2n) is 5.31. The van der Waals surface area contributed by atoms with Gasteiger partial charge in [-0.2, -0.15) is 5.10 Å². The number of anilines is 1. The molecule has 2 aromatic carbocycles.